The van der Waals surface area contributed by atoms with E-state index in [1.165, 1.54) is 0 Å². The zero-order chi connectivity index (χ0) is 7.56. The Hall–Kier alpha value is -0.820. The Balaban J connectivity index is 3.14. The van der Waals surface area contributed by atoms with Crippen LogP contribution in [-0.2, 0) is 0 Å². The minimum Gasteiger partial charge on any atom is -0.496 e. The number of pyridine rings is 1. The number of aromatic nitrogens is 1. The van der Waals surface area contributed by atoms with E-state index < -0.39 is 0 Å². The molecule has 0 radical (unpaired) electrons. The standard InChI is InChI=1S/C6H9N2OP/c1-9-4-2-3-8-6(7)5(4)10/h2-3H,10H2,1H3,(H2,7,8). The molecule has 10 heavy (non-hydrogen) atoms. The summed E-state index contributed by atoms with van der Waals surface area (Å²) in [5.74, 6) is 1.24. The molecular formula is C6H9N2OP. The van der Waals surface area contributed by atoms with Crippen LogP contribution in [0, 0.1) is 0 Å². The van der Waals surface area contributed by atoms with Crippen LogP contribution in [0.2, 0.25) is 0 Å². The molecule has 0 fully saturated rings. The Morgan fingerprint density at radius 3 is 2.90 bits per heavy atom. The molecule has 0 aliphatic heterocycles. The van der Waals surface area contributed by atoms with Crippen LogP contribution in [0.3, 0.4) is 0 Å². The summed E-state index contributed by atoms with van der Waals surface area (Å²) in [6.45, 7) is 0. The van der Waals surface area contributed by atoms with Crippen molar-refractivity contribution < 1.29 is 4.74 Å². The van der Waals surface area contributed by atoms with Crippen molar-refractivity contribution in [1.29, 1.82) is 0 Å². The minimum absolute atomic E-state index is 0.490. The highest BCUT2D eigenvalue weighted by Crippen LogP contribution is 2.11. The van der Waals surface area contributed by atoms with E-state index in [9.17, 15) is 0 Å². The Labute approximate surface area is 61.8 Å². The molecule has 0 aliphatic rings. The summed E-state index contributed by atoms with van der Waals surface area (Å²) in [7, 11) is 4.08. The van der Waals surface area contributed by atoms with Crippen LogP contribution < -0.4 is 15.8 Å². The maximum atomic E-state index is 5.48. The van der Waals surface area contributed by atoms with Gasteiger partial charge in [0.15, 0.2) is 0 Å². The number of nitrogens with two attached hydrogens (primary N) is 1. The van der Waals surface area contributed by atoms with E-state index in [0.717, 1.165) is 11.1 Å². The summed E-state index contributed by atoms with van der Waals surface area (Å²) >= 11 is 0. The number of hydrogen-bond donors (Lipinski definition) is 1. The molecule has 1 aromatic heterocycles. The van der Waals surface area contributed by atoms with Crippen molar-refractivity contribution in [2.24, 2.45) is 0 Å². The summed E-state index contributed by atoms with van der Waals surface area (Å²) in [5, 5.41) is 0.810. The summed E-state index contributed by atoms with van der Waals surface area (Å²) in [6, 6.07) is 1.76. The van der Waals surface area contributed by atoms with Gasteiger partial charge in [-0.15, -0.1) is 0 Å². The van der Waals surface area contributed by atoms with Gasteiger partial charge < -0.3 is 10.5 Å². The van der Waals surface area contributed by atoms with Crippen LogP contribution in [0.25, 0.3) is 0 Å². The number of hydrogen-bond acceptors (Lipinski definition) is 3. The maximum absolute atomic E-state index is 5.48. The predicted octanol–water partition coefficient (Wildman–Crippen LogP) is 0.173. The van der Waals surface area contributed by atoms with Gasteiger partial charge in [-0.1, -0.05) is 9.24 Å². The summed E-state index contributed by atoms with van der Waals surface area (Å²) in [6.07, 6.45) is 1.61. The molecule has 2 N–H and O–H groups in total. The number of nitrogen functional groups attached to an aromatic ring is 1. The van der Waals surface area contributed by atoms with Crippen LogP contribution in [0.15, 0.2) is 12.3 Å². The first-order valence-electron chi connectivity index (χ1n) is 2.79. The largest absolute Gasteiger partial charge is 0.496 e. The normalized spacial score (nSPS) is 9.40. The average Bonchev–Trinajstić information content (AvgIpc) is 1.95. The van der Waals surface area contributed by atoms with Gasteiger partial charge in [-0.2, -0.15) is 0 Å². The molecule has 1 aromatic rings. The number of nitrogens with zero attached hydrogens (tertiary/aromatic N) is 1. The number of methoxy groups -OCH3 is 1. The zero-order valence-corrected chi connectivity index (χ0v) is 6.82. The molecule has 0 spiro atoms. The number of ether oxygens (including phenoxy) is 1. The van der Waals surface area contributed by atoms with Gasteiger partial charge in [0.05, 0.1) is 12.4 Å². The maximum Gasteiger partial charge on any atom is 0.134 e. The second-order valence-electron chi connectivity index (χ2n) is 1.81. The fourth-order valence-electron chi connectivity index (χ4n) is 0.649. The quantitative estimate of drug-likeness (QED) is 0.590. The lowest BCUT2D eigenvalue weighted by molar-refractivity contribution is 0.418. The van der Waals surface area contributed by atoms with Crippen molar-refractivity contribution in [2.75, 3.05) is 12.8 Å². The van der Waals surface area contributed by atoms with Gasteiger partial charge in [0.2, 0.25) is 0 Å². The lowest BCUT2D eigenvalue weighted by Gasteiger charge is -2.03. The SMILES string of the molecule is COc1ccnc(N)c1P. The molecule has 0 saturated carbocycles. The summed E-state index contributed by atoms with van der Waals surface area (Å²) in [5.41, 5.74) is 5.48. The molecule has 1 heterocycles. The van der Waals surface area contributed by atoms with Gasteiger partial charge in [0.1, 0.15) is 11.6 Å². The monoisotopic (exact) mass is 156 g/mol. The Morgan fingerprint density at radius 1 is 1.70 bits per heavy atom. The van der Waals surface area contributed by atoms with Crippen LogP contribution >= 0.6 is 9.24 Å². The third-order valence-electron chi connectivity index (χ3n) is 1.20. The highest BCUT2D eigenvalue weighted by atomic mass is 31.0. The zero-order valence-electron chi connectivity index (χ0n) is 5.66. The van der Waals surface area contributed by atoms with Gasteiger partial charge in [-0.3, -0.25) is 0 Å². The number of rotatable bonds is 1. The van der Waals surface area contributed by atoms with Crippen molar-refractivity contribution in [3.8, 4) is 5.75 Å². The van der Waals surface area contributed by atoms with E-state index in [2.05, 4.69) is 14.2 Å². The second kappa shape index (κ2) is 2.84. The van der Waals surface area contributed by atoms with Crippen molar-refractivity contribution in [3.05, 3.63) is 12.3 Å². The van der Waals surface area contributed by atoms with Gasteiger partial charge in [0.25, 0.3) is 0 Å². The molecule has 0 aromatic carbocycles. The van der Waals surface area contributed by atoms with E-state index in [-0.39, 0.29) is 0 Å². The van der Waals surface area contributed by atoms with Gasteiger partial charge in [-0.25, -0.2) is 4.98 Å². The summed E-state index contributed by atoms with van der Waals surface area (Å²) < 4.78 is 4.98. The van der Waals surface area contributed by atoms with Gasteiger partial charge >= 0.3 is 0 Å². The first kappa shape index (κ1) is 7.29. The molecule has 1 rings (SSSR count). The lowest BCUT2D eigenvalue weighted by Crippen LogP contribution is -2.06. The Bertz CT molecular complexity index is 239. The molecule has 0 aliphatic carbocycles. The Kier molecular flexibility index (Phi) is 2.07. The molecule has 54 valence electrons. The van der Waals surface area contributed by atoms with Crippen molar-refractivity contribution in [1.82, 2.24) is 4.98 Å². The van der Waals surface area contributed by atoms with E-state index in [0.29, 0.717) is 5.82 Å². The van der Waals surface area contributed by atoms with E-state index in [4.69, 9.17) is 10.5 Å². The topological polar surface area (TPSA) is 48.1 Å². The molecule has 0 amide bonds. The highest BCUT2D eigenvalue weighted by molar-refractivity contribution is 7.28. The smallest absolute Gasteiger partial charge is 0.134 e. The van der Waals surface area contributed by atoms with Crippen molar-refractivity contribution >= 4 is 20.4 Å². The predicted molar refractivity (Wildman–Crippen MR) is 44.5 cm³/mol. The third kappa shape index (κ3) is 1.19. The highest BCUT2D eigenvalue weighted by Gasteiger charge is 1.99. The fourth-order valence-corrected chi connectivity index (χ4v) is 0.937. The minimum atomic E-state index is 0.490. The first-order chi connectivity index (χ1) is 4.75. The van der Waals surface area contributed by atoms with Gasteiger partial charge in [-0.05, 0) is 6.07 Å². The molecule has 0 saturated heterocycles. The molecule has 1 atom stereocenters. The van der Waals surface area contributed by atoms with Crippen LogP contribution in [0.1, 0.15) is 0 Å². The van der Waals surface area contributed by atoms with Crippen molar-refractivity contribution in [2.45, 2.75) is 0 Å². The molecular weight excluding hydrogens is 147 g/mol. The van der Waals surface area contributed by atoms with Crippen LogP contribution in [0.4, 0.5) is 5.82 Å². The van der Waals surface area contributed by atoms with Crippen molar-refractivity contribution in [3.63, 3.8) is 0 Å². The molecule has 4 heteroatoms. The average molecular weight is 156 g/mol. The second-order valence-corrected chi connectivity index (χ2v) is 2.39. The fraction of sp³-hybridized carbons (Fsp3) is 0.167. The molecule has 1 unspecified atom stereocenters. The lowest BCUT2D eigenvalue weighted by atomic mass is 10.4. The summed E-state index contributed by atoms with van der Waals surface area (Å²) in [4.78, 5) is 3.86. The first-order valence-corrected chi connectivity index (χ1v) is 3.37. The third-order valence-corrected chi connectivity index (χ3v) is 1.78. The number of anilines is 1. The molecule has 3 nitrogen and oxygen atoms in total. The van der Waals surface area contributed by atoms with E-state index >= 15 is 0 Å². The van der Waals surface area contributed by atoms with E-state index in [1.807, 2.05) is 0 Å². The Morgan fingerprint density at radius 2 is 2.40 bits per heavy atom. The van der Waals surface area contributed by atoms with Crippen LogP contribution in [-0.4, -0.2) is 12.1 Å². The van der Waals surface area contributed by atoms with Crippen LogP contribution in [0.5, 0.6) is 5.75 Å². The molecule has 0 bridgehead atoms. The van der Waals surface area contributed by atoms with E-state index in [1.54, 1.807) is 19.4 Å². The van der Waals surface area contributed by atoms with Gasteiger partial charge in [0, 0.05) is 6.20 Å².